The molecule has 5 nitrogen and oxygen atoms in total. The summed E-state index contributed by atoms with van der Waals surface area (Å²) in [5, 5.41) is 0.893. The van der Waals surface area contributed by atoms with Gasteiger partial charge in [0.25, 0.3) is 0 Å². The van der Waals surface area contributed by atoms with Crippen LogP contribution in [0.1, 0.15) is 11.1 Å². The molecular weight excluding hydrogens is 369 g/mol. The Kier molecular flexibility index (Phi) is 6.44. The summed E-state index contributed by atoms with van der Waals surface area (Å²) in [6.45, 7) is 0. The van der Waals surface area contributed by atoms with E-state index in [1.165, 1.54) is 17.0 Å². The third kappa shape index (κ3) is 4.71. The van der Waals surface area contributed by atoms with Crippen LogP contribution in [0.25, 0.3) is 10.9 Å². The second-order valence-corrected chi connectivity index (χ2v) is 7.53. The van der Waals surface area contributed by atoms with Gasteiger partial charge in [-0.3, -0.25) is 9.69 Å². The average Bonchev–Trinajstić information content (AvgIpc) is 3.11. The molecule has 1 aromatic heterocycles. The quantitative estimate of drug-likeness (QED) is 0.597. The van der Waals surface area contributed by atoms with Gasteiger partial charge in [-0.2, -0.15) is 0 Å². The maximum absolute atomic E-state index is 13.5. The van der Waals surface area contributed by atoms with Crippen LogP contribution in [0.3, 0.4) is 0 Å². The van der Waals surface area contributed by atoms with Crippen LogP contribution in [-0.2, 0) is 22.4 Å². The number of hydrogen-bond donors (Lipinski definition) is 1. The number of nitrogens with zero attached hydrogens (tertiary/aromatic N) is 2. The molecule has 2 aromatic carbocycles. The zero-order valence-corrected chi connectivity index (χ0v) is 16.9. The van der Waals surface area contributed by atoms with E-state index in [1.807, 2.05) is 55.5 Å². The van der Waals surface area contributed by atoms with Gasteiger partial charge in [0.2, 0.25) is 5.91 Å². The number of halogens is 1. The molecule has 3 rings (SSSR count). The number of carbonyl (C=O) groups excluding carboxylic acids is 2. The van der Waals surface area contributed by atoms with Crippen molar-refractivity contribution in [1.29, 1.82) is 0 Å². The summed E-state index contributed by atoms with van der Waals surface area (Å²) in [6.07, 6.45) is 3.57. The maximum atomic E-state index is 13.5. The Bertz CT molecular complexity index is 984. The van der Waals surface area contributed by atoms with E-state index in [1.54, 1.807) is 13.1 Å². The van der Waals surface area contributed by atoms with E-state index < -0.39 is 12.1 Å². The lowest BCUT2D eigenvalue weighted by Crippen LogP contribution is -2.50. The van der Waals surface area contributed by atoms with E-state index in [2.05, 4.69) is 4.98 Å². The lowest BCUT2D eigenvalue weighted by Gasteiger charge is -2.31. The summed E-state index contributed by atoms with van der Waals surface area (Å²) < 4.78 is 13.5. The maximum Gasteiger partial charge on any atom is 0.240 e. The number of aromatic nitrogens is 1. The van der Waals surface area contributed by atoms with E-state index in [-0.39, 0.29) is 11.7 Å². The lowest BCUT2D eigenvalue weighted by molar-refractivity contribution is -0.139. The van der Waals surface area contributed by atoms with Crippen LogP contribution in [0.5, 0.6) is 0 Å². The lowest BCUT2D eigenvalue weighted by atomic mass is 10.0. The van der Waals surface area contributed by atoms with Crippen molar-refractivity contribution in [2.24, 2.45) is 0 Å². The molecule has 29 heavy (non-hydrogen) atoms. The number of aromatic amines is 1. The summed E-state index contributed by atoms with van der Waals surface area (Å²) in [5.41, 5.74) is 2.64. The standard InChI is InChI=1S/C23H26FN3O2/c1-26(2)22(12-17-14-25-21-13-18(24)9-10-20(17)21)23(29)27(3)19(15-28)11-16-7-5-4-6-8-16/h4-10,13-15,19,22,25H,11-12H2,1-3H3. The topological polar surface area (TPSA) is 56.4 Å². The summed E-state index contributed by atoms with van der Waals surface area (Å²) in [7, 11) is 5.36. The number of fused-ring (bicyclic) bond motifs is 1. The molecule has 0 fully saturated rings. The van der Waals surface area contributed by atoms with E-state index in [9.17, 15) is 14.0 Å². The zero-order chi connectivity index (χ0) is 21.0. The van der Waals surface area contributed by atoms with Crippen LogP contribution in [0.2, 0.25) is 0 Å². The van der Waals surface area contributed by atoms with Gasteiger partial charge in [-0.1, -0.05) is 30.3 Å². The highest BCUT2D eigenvalue weighted by molar-refractivity contribution is 5.87. The average molecular weight is 395 g/mol. The fraction of sp³-hybridized carbons (Fsp3) is 0.304. The molecule has 0 radical (unpaired) electrons. The van der Waals surface area contributed by atoms with Crippen molar-refractivity contribution in [3.05, 3.63) is 71.7 Å². The minimum absolute atomic E-state index is 0.125. The molecule has 0 saturated carbocycles. The number of H-pyrrole nitrogens is 1. The van der Waals surface area contributed by atoms with Gasteiger partial charge in [0.15, 0.2) is 0 Å². The first-order chi connectivity index (χ1) is 13.9. The first kappa shape index (κ1) is 20.7. The molecule has 1 amide bonds. The Balaban J connectivity index is 1.79. The highest BCUT2D eigenvalue weighted by Gasteiger charge is 2.29. The van der Waals surface area contributed by atoms with Gasteiger partial charge in [-0.05, 0) is 56.3 Å². The molecule has 0 bridgehead atoms. The normalized spacial score (nSPS) is 13.4. The number of nitrogens with one attached hydrogen (secondary N) is 1. The van der Waals surface area contributed by atoms with Crippen molar-refractivity contribution in [3.8, 4) is 0 Å². The van der Waals surface area contributed by atoms with Gasteiger partial charge in [-0.25, -0.2) is 4.39 Å². The van der Waals surface area contributed by atoms with Crippen molar-refractivity contribution in [2.75, 3.05) is 21.1 Å². The number of rotatable bonds is 8. The molecule has 0 saturated heterocycles. The Hall–Kier alpha value is -2.99. The fourth-order valence-corrected chi connectivity index (χ4v) is 3.56. The summed E-state index contributed by atoms with van der Waals surface area (Å²) in [5.74, 6) is -0.430. The Morgan fingerprint density at radius 1 is 1.10 bits per heavy atom. The Labute approximate surface area is 170 Å². The smallest absolute Gasteiger partial charge is 0.240 e. The summed E-state index contributed by atoms with van der Waals surface area (Å²) >= 11 is 0. The van der Waals surface area contributed by atoms with Crippen molar-refractivity contribution >= 4 is 23.1 Å². The molecular formula is C23H26FN3O2. The Morgan fingerprint density at radius 3 is 2.48 bits per heavy atom. The largest absolute Gasteiger partial charge is 0.361 e. The molecule has 0 spiro atoms. The summed E-state index contributed by atoms with van der Waals surface area (Å²) in [4.78, 5) is 31.4. The predicted molar refractivity (Wildman–Crippen MR) is 112 cm³/mol. The minimum atomic E-state index is -0.538. The molecule has 1 N–H and O–H groups in total. The molecule has 0 aliphatic carbocycles. The predicted octanol–water partition coefficient (Wildman–Crippen LogP) is 3.05. The van der Waals surface area contributed by atoms with Crippen molar-refractivity contribution in [1.82, 2.24) is 14.8 Å². The number of carbonyl (C=O) groups is 2. The molecule has 0 aliphatic heterocycles. The molecule has 0 aliphatic rings. The highest BCUT2D eigenvalue weighted by atomic mass is 19.1. The number of aldehydes is 1. The monoisotopic (exact) mass is 395 g/mol. The van der Waals surface area contributed by atoms with Crippen LogP contribution >= 0.6 is 0 Å². The minimum Gasteiger partial charge on any atom is -0.361 e. The fourth-order valence-electron chi connectivity index (χ4n) is 3.56. The van der Waals surface area contributed by atoms with Crippen molar-refractivity contribution in [2.45, 2.75) is 24.9 Å². The number of likely N-dealkylation sites (N-methyl/N-ethyl adjacent to an activating group) is 2. The molecule has 6 heteroatoms. The SMILES string of the molecule is CN(C)C(Cc1c[nH]c2cc(F)ccc12)C(=O)N(C)C(C=O)Cc1ccccc1. The van der Waals surface area contributed by atoms with Gasteiger partial charge in [0.05, 0.1) is 12.1 Å². The van der Waals surface area contributed by atoms with E-state index in [0.29, 0.717) is 18.4 Å². The third-order valence-electron chi connectivity index (χ3n) is 5.34. The van der Waals surface area contributed by atoms with Crippen molar-refractivity contribution in [3.63, 3.8) is 0 Å². The van der Waals surface area contributed by atoms with E-state index >= 15 is 0 Å². The first-order valence-corrected chi connectivity index (χ1v) is 9.58. The van der Waals surface area contributed by atoms with Gasteiger partial charge in [0, 0.05) is 24.1 Å². The second-order valence-electron chi connectivity index (χ2n) is 7.53. The number of amides is 1. The first-order valence-electron chi connectivity index (χ1n) is 9.58. The molecule has 2 unspecified atom stereocenters. The van der Waals surface area contributed by atoms with Crippen molar-refractivity contribution < 1.29 is 14.0 Å². The molecule has 3 aromatic rings. The Morgan fingerprint density at radius 2 is 1.83 bits per heavy atom. The molecule has 1 heterocycles. The molecule has 2 atom stereocenters. The summed E-state index contributed by atoms with van der Waals surface area (Å²) in [6, 6.07) is 13.3. The van der Waals surface area contributed by atoms with Gasteiger partial charge in [0.1, 0.15) is 12.1 Å². The van der Waals surface area contributed by atoms with E-state index in [0.717, 1.165) is 22.8 Å². The zero-order valence-electron chi connectivity index (χ0n) is 16.9. The van der Waals surface area contributed by atoms with Gasteiger partial charge < -0.3 is 14.7 Å². The van der Waals surface area contributed by atoms with E-state index in [4.69, 9.17) is 0 Å². The number of benzene rings is 2. The van der Waals surface area contributed by atoms with Gasteiger partial charge >= 0.3 is 0 Å². The van der Waals surface area contributed by atoms with Gasteiger partial charge in [-0.15, -0.1) is 0 Å². The van der Waals surface area contributed by atoms with Crippen LogP contribution in [0.15, 0.2) is 54.7 Å². The third-order valence-corrected chi connectivity index (χ3v) is 5.34. The molecule has 152 valence electrons. The van der Waals surface area contributed by atoms with Crippen LogP contribution in [0, 0.1) is 5.82 Å². The van der Waals surface area contributed by atoms with Crippen LogP contribution in [0.4, 0.5) is 4.39 Å². The number of hydrogen-bond acceptors (Lipinski definition) is 3. The van der Waals surface area contributed by atoms with Crippen LogP contribution in [-0.4, -0.2) is 60.2 Å². The highest BCUT2D eigenvalue weighted by Crippen LogP contribution is 2.22. The second kappa shape index (κ2) is 9.01. The van der Waals surface area contributed by atoms with Crippen LogP contribution < -0.4 is 0 Å².